The molecule has 1 aromatic carbocycles. The number of aromatic nitrogens is 4. The average molecular weight is 406 g/mol. The molecule has 0 unspecified atom stereocenters. The van der Waals surface area contributed by atoms with Crippen LogP contribution in [-0.4, -0.2) is 63.2 Å². The third-order valence-electron chi connectivity index (χ3n) is 6.11. The maximum absolute atomic E-state index is 11.8. The summed E-state index contributed by atoms with van der Waals surface area (Å²) in [5.74, 6) is 0.702. The zero-order valence-corrected chi connectivity index (χ0v) is 17.0. The highest BCUT2D eigenvalue weighted by molar-refractivity contribution is 5.86. The zero-order valence-electron chi connectivity index (χ0n) is 17.0. The highest BCUT2D eigenvalue weighted by atomic mass is 16.5. The summed E-state index contributed by atoms with van der Waals surface area (Å²) in [5, 5.41) is 0.987. The van der Waals surface area contributed by atoms with Crippen LogP contribution in [0.15, 0.2) is 47.9 Å². The van der Waals surface area contributed by atoms with E-state index in [9.17, 15) is 4.79 Å². The second-order valence-corrected chi connectivity index (χ2v) is 7.99. The first kappa shape index (κ1) is 19.0. The molecule has 3 heterocycles. The molecule has 156 valence electrons. The minimum absolute atomic E-state index is 0.0468. The minimum atomic E-state index is -0.0468. The van der Waals surface area contributed by atoms with Crippen LogP contribution in [-0.2, 0) is 6.54 Å². The van der Waals surface area contributed by atoms with E-state index < -0.39 is 0 Å². The summed E-state index contributed by atoms with van der Waals surface area (Å²) in [5.41, 5.74) is 2.06. The fourth-order valence-corrected chi connectivity index (χ4v) is 4.00. The Morgan fingerprint density at radius 3 is 2.70 bits per heavy atom. The lowest BCUT2D eigenvalue weighted by Crippen LogP contribution is -2.47. The van der Waals surface area contributed by atoms with E-state index in [0.29, 0.717) is 18.5 Å². The monoisotopic (exact) mass is 406 g/mol. The van der Waals surface area contributed by atoms with Crippen molar-refractivity contribution in [2.75, 3.05) is 37.6 Å². The molecule has 2 aliphatic rings. The van der Waals surface area contributed by atoms with E-state index >= 15 is 0 Å². The van der Waals surface area contributed by atoms with Gasteiger partial charge in [0, 0.05) is 57.3 Å². The number of ether oxygens (including phenoxy) is 1. The molecule has 0 atom stereocenters. The highest BCUT2D eigenvalue weighted by Gasteiger charge is 2.22. The van der Waals surface area contributed by atoms with Gasteiger partial charge in [-0.15, -0.1) is 0 Å². The molecule has 8 heteroatoms. The Labute approximate surface area is 175 Å². The van der Waals surface area contributed by atoms with Gasteiger partial charge in [0.1, 0.15) is 12.4 Å². The first-order valence-electron chi connectivity index (χ1n) is 10.7. The SMILES string of the molecule is O=c1cnccn1CCN1CCN(c2ccc3ncnc(OC4CCC4)c3c2)CC1. The van der Waals surface area contributed by atoms with Crippen molar-refractivity contribution in [2.45, 2.75) is 31.9 Å². The van der Waals surface area contributed by atoms with Gasteiger partial charge < -0.3 is 14.2 Å². The maximum Gasteiger partial charge on any atom is 0.269 e. The van der Waals surface area contributed by atoms with E-state index in [-0.39, 0.29) is 5.56 Å². The molecule has 2 fully saturated rings. The van der Waals surface area contributed by atoms with Crippen molar-refractivity contribution in [3.63, 3.8) is 0 Å². The van der Waals surface area contributed by atoms with Crippen molar-refractivity contribution in [2.24, 2.45) is 0 Å². The quantitative estimate of drug-likeness (QED) is 0.619. The largest absolute Gasteiger partial charge is 0.474 e. The molecular weight excluding hydrogens is 380 g/mol. The summed E-state index contributed by atoms with van der Waals surface area (Å²) in [6.45, 7) is 5.38. The summed E-state index contributed by atoms with van der Waals surface area (Å²) >= 11 is 0. The molecular formula is C22H26N6O2. The number of hydrogen-bond acceptors (Lipinski definition) is 7. The van der Waals surface area contributed by atoms with Crippen LogP contribution < -0.4 is 15.2 Å². The van der Waals surface area contributed by atoms with Crippen LogP contribution in [0.3, 0.4) is 0 Å². The van der Waals surface area contributed by atoms with Gasteiger partial charge in [0.25, 0.3) is 5.56 Å². The fourth-order valence-electron chi connectivity index (χ4n) is 4.00. The third kappa shape index (κ3) is 4.00. The summed E-state index contributed by atoms with van der Waals surface area (Å²) < 4.78 is 7.81. The number of rotatable bonds is 6. The average Bonchev–Trinajstić information content (AvgIpc) is 2.76. The second-order valence-electron chi connectivity index (χ2n) is 7.99. The molecule has 1 saturated heterocycles. The smallest absolute Gasteiger partial charge is 0.269 e. The molecule has 0 bridgehead atoms. The number of hydrogen-bond donors (Lipinski definition) is 0. The number of benzene rings is 1. The third-order valence-corrected chi connectivity index (χ3v) is 6.11. The molecule has 1 aliphatic carbocycles. The lowest BCUT2D eigenvalue weighted by Gasteiger charge is -2.36. The Morgan fingerprint density at radius 2 is 1.93 bits per heavy atom. The summed E-state index contributed by atoms with van der Waals surface area (Å²) in [6, 6.07) is 6.35. The Morgan fingerprint density at radius 1 is 1.07 bits per heavy atom. The van der Waals surface area contributed by atoms with Gasteiger partial charge in [-0.2, -0.15) is 0 Å². The van der Waals surface area contributed by atoms with Crippen molar-refractivity contribution < 1.29 is 4.74 Å². The fraction of sp³-hybridized carbons (Fsp3) is 0.455. The molecule has 2 aromatic heterocycles. The van der Waals surface area contributed by atoms with E-state index in [2.05, 4.69) is 43.0 Å². The van der Waals surface area contributed by atoms with Crippen LogP contribution in [0.1, 0.15) is 19.3 Å². The normalized spacial score (nSPS) is 17.8. The highest BCUT2D eigenvalue weighted by Crippen LogP contribution is 2.31. The standard InChI is InChI=1S/C22H26N6O2/c29-21-15-23-6-7-28(21)13-10-26-8-11-27(12-9-26)17-4-5-20-19(14-17)22(25-16-24-20)30-18-2-1-3-18/h4-7,14-16,18H,1-3,8-13H2. The second kappa shape index (κ2) is 8.39. The van der Waals surface area contributed by atoms with Crippen molar-refractivity contribution in [3.05, 3.63) is 53.5 Å². The summed E-state index contributed by atoms with van der Waals surface area (Å²) in [4.78, 5) is 29.3. The topological polar surface area (TPSA) is 76.4 Å². The van der Waals surface area contributed by atoms with Crippen molar-refractivity contribution in [1.29, 1.82) is 0 Å². The molecule has 0 amide bonds. The van der Waals surface area contributed by atoms with Crippen molar-refractivity contribution in [1.82, 2.24) is 24.4 Å². The van der Waals surface area contributed by atoms with E-state index in [1.165, 1.54) is 18.3 Å². The summed E-state index contributed by atoms with van der Waals surface area (Å²) in [6.07, 6.45) is 10.1. The van der Waals surface area contributed by atoms with E-state index in [1.54, 1.807) is 23.3 Å². The van der Waals surface area contributed by atoms with Crippen molar-refractivity contribution in [3.8, 4) is 5.88 Å². The minimum Gasteiger partial charge on any atom is -0.474 e. The lowest BCUT2D eigenvalue weighted by molar-refractivity contribution is 0.116. The van der Waals surface area contributed by atoms with Crippen LogP contribution in [0.25, 0.3) is 10.9 Å². The van der Waals surface area contributed by atoms with E-state index in [0.717, 1.165) is 56.5 Å². The molecule has 30 heavy (non-hydrogen) atoms. The van der Waals surface area contributed by atoms with Crippen LogP contribution in [0.5, 0.6) is 5.88 Å². The van der Waals surface area contributed by atoms with E-state index in [1.807, 2.05) is 0 Å². The first-order chi connectivity index (χ1) is 14.8. The Kier molecular flexibility index (Phi) is 5.31. The Hall–Kier alpha value is -3.00. The van der Waals surface area contributed by atoms with Crippen LogP contribution in [0.2, 0.25) is 0 Å². The van der Waals surface area contributed by atoms with Gasteiger partial charge in [-0.25, -0.2) is 9.97 Å². The van der Waals surface area contributed by atoms with Gasteiger partial charge in [0.2, 0.25) is 5.88 Å². The molecule has 0 N–H and O–H groups in total. The van der Waals surface area contributed by atoms with Gasteiger partial charge in [-0.05, 0) is 37.5 Å². The van der Waals surface area contributed by atoms with Gasteiger partial charge in [0.05, 0.1) is 17.1 Å². The number of fused-ring (bicyclic) bond motifs is 1. The molecule has 0 spiro atoms. The number of nitrogens with zero attached hydrogens (tertiary/aromatic N) is 6. The molecule has 1 aliphatic heterocycles. The zero-order chi connectivity index (χ0) is 20.3. The van der Waals surface area contributed by atoms with Crippen LogP contribution >= 0.6 is 0 Å². The van der Waals surface area contributed by atoms with Gasteiger partial charge in [-0.1, -0.05) is 0 Å². The molecule has 1 saturated carbocycles. The van der Waals surface area contributed by atoms with Gasteiger partial charge in [-0.3, -0.25) is 14.7 Å². The maximum atomic E-state index is 11.8. The van der Waals surface area contributed by atoms with Crippen LogP contribution in [0.4, 0.5) is 5.69 Å². The van der Waals surface area contributed by atoms with Crippen molar-refractivity contribution >= 4 is 16.6 Å². The Balaban J connectivity index is 1.24. The number of piperazine rings is 1. The molecule has 5 rings (SSSR count). The summed E-state index contributed by atoms with van der Waals surface area (Å²) in [7, 11) is 0. The predicted molar refractivity (Wildman–Crippen MR) is 115 cm³/mol. The number of anilines is 1. The lowest BCUT2D eigenvalue weighted by atomic mass is 9.96. The molecule has 8 nitrogen and oxygen atoms in total. The Bertz CT molecular complexity index is 1070. The van der Waals surface area contributed by atoms with Gasteiger partial charge in [0.15, 0.2) is 0 Å². The van der Waals surface area contributed by atoms with E-state index in [4.69, 9.17) is 4.74 Å². The molecule has 0 radical (unpaired) electrons. The molecule has 3 aromatic rings. The van der Waals surface area contributed by atoms with Crippen LogP contribution in [0, 0.1) is 0 Å². The first-order valence-corrected chi connectivity index (χ1v) is 10.7. The predicted octanol–water partition coefficient (Wildman–Crippen LogP) is 1.94. The van der Waals surface area contributed by atoms with Gasteiger partial charge >= 0.3 is 0 Å².